The Kier molecular flexibility index (Phi) is 16.9. The van der Waals surface area contributed by atoms with Crippen molar-refractivity contribution in [3.8, 4) is 22.3 Å². The van der Waals surface area contributed by atoms with E-state index in [0.29, 0.717) is 31.3 Å². The summed E-state index contributed by atoms with van der Waals surface area (Å²) in [6.45, 7) is 9.66. The third-order valence-electron chi connectivity index (χ3n) is 12.2. The Morgan fingerprint density at radius 2 is 1.08 bits per heavy atom. The van der Waals surface area contributed by atoms with Gasteiger partial charge in [0.15, 0.2) is 0 Å². The Hall–Kier alpha value is -5.10. The summed E-state index contributed by atoms with van der Waals surface area (Å²) in [5.41, 5.74) is 8.01. The number of benzene rings is 3. The van der Waals surface area contributed by atoms with Crippen LogP contribution in [0, 0.1) is 17.8 Å². The first-order chi connectivity index (χ1) is 29.2. The number of nitrogens with zero attached hydrogens (tertiary/aromatic N) is 8. The van der Waals surface area contributed by atoms with Crippen LogP contribution < -0.4 is 5.32 Å². The molecule has 338 valence electrons. The van der Waals surface area contributed by atoms with E-state index in [2.05, 4.69) is 104 Å². The number of amides is 2. The van der Waals surface area contributed by atoms with E-state index in [9.17, 15) is 9.59 Å². The molecule has 4 atom stereocenters. The molecule has 2 aliphatic rings. The minimum atomic E-state index is -0.449. The lowest BCUT2D eigenvalue weighted by Gasteiger charge is -2.30. The number of hydrogen-bond donors (Lipinski definition) is 3. The van der Waals surface area contributed by atoms with Gasteiger partial charge in [0.1, 0.15) is 23.5 Å². The summed E-state index contributed by atoms with van der Waals surface area (Å²) in [4.78, 5) is 66.4. The van der Waals surface area contributed by atoms with Gasteiger partial charge in [-0.3, -0.25) is 9.59 Å². The highest BCUT2D eigenvalue weighted by atomic mass is 32.1. The first-order valence-corrected chi connectivity index (χ1v) is 21.2. The molecule has 2 aliphatic heterocycles. The molecule has 2 fully saturated rings. The molecule has 0 bridgehead atoms. The summed E-state index contributed by atoms with van der Waals surface area (Å²) in [5, 5.41) is 3.27. The van der Waals surface area contributed by atoms with Gasteiger partial charge >= 0.3 is 0 Å². The Morgan fingerprint density at radius 3 is 1.55 bits per heavy atom. The van der Waals surface area contributed by atoms with Crippen molar-refractivity contribution in [3.05, 3.63) is 115 Å². The zero-order valence-electron chi connectivity index (χ0n) is 36.5. The van der Waals surface area contributed by atoms with Gasteiger partial charge in [-0.1, -0.05) is 64.1 Å². The van der Waals surface area contributed by atoms with Gasteiger partial charge in [-0.25, -0.2) is 29.9 Å². The fraction of sp³-hybridized carbons (Fsp3) is 0.362. The van der Waals surface area contributed by atoms with E-state index in [0.717, 1.165) is 81.7 Å². The lowest BCUT2D eigenvalue weighted by molar-refractivity contribution is -0.138. The number of fused-ring (bicyclic) bond motifs is 2. The molecule has 0 radical (unpaired) electrons. The van der Waals surface area contributed by atoms with Crippen LogP contribution in [-0.4, -0.2) is 80.6 Å². The molecule has 64 heavy (non-hydrogen) atoms. The predicted molar refractivity (Wildman–Crippen MR) is 274 cm³/mol. The number of carbonyl (C=O) groups is 2. The number of anilines is 1. The second-order valence-electron chi connectivity index (χ2n) is 16.8. The van der Waals surface area contributed by atoms with Crippen LogP contribution in [0.2, 0.25) is 0 Å². The van der Waals surface area contributed by atoms with E-state index in [-0.39, 0.29) is 95.6 Å². The molecule has 0 spiro atoms. The molecule has 13 nitrogen and oxygen atoms in total. The molecular formula is C47H59N11O2S4. The number of nitrogens with one attached hydrogen (secondary N) is 3. The van der Waals surface area contributed by atoms with Gasteiger partial charge in [-0.15, -0.1) is 0 Å². The highest BCUT2D eigenvalue weighted by molar-refractivity contribution is 7.59. The molecule has 0 unspecified atom stereocenters. The summed E-state index contributed by atoms with van der Waals surface area (Å²) in [7, 11) is 0. The number of aromatic amines is 2. The lowest BCUT2D eigenvalue weighted by atomic mass is 9.90. The molecule has 6 heterocycles. The van der Waals surface area contributed by atoms with Gasteiger partial charge in [0, 0.05) is 50.2 Å². The van der Waals surface area contributed by atoms with Gasteiger partial charge in [0.05, 0.1) is 34.2 Å². The van der Waals surface area contributed by atoms with E-state index in [4.69, 9.17) is 9.97 Å². The summed E-state index contributed by atoms with van der Waals surface area (Å²) in [6.07, 6.45) is 10.9. The standard InChI is InChI=1S/C47H51N11O2.4H2S/c1-28(2)34(27-41-48-19-7-20-49-41)45(59)57-23-5-9-39(57)43-52-35-17-15-32(25-37(35)54-43)30-11-13-31(14-12-30)33-16-18-36-38(26-33)55-44(53-36)40-10-6-24-58(40)46(60)42(29(3)4)56-47-50-21-8-22-51-47;;;;/h7-8,11-22,25-26,28-29,34,39-40,42H,5-6,9-10,23-24,27H2,1-4H3,(H,52,54)(H,53,55)(H,50,51,56);4*1H2/t34-,39-,40-,42-;;;;/m0..../s1. The Bertz CT molecular complexity index is 2450. The van der Waals surface area contributed by atoms with Crippen molar-refractivity contribution in [2.75, 3.05) is 18.4 Å². The third kappa shape index (κ3) is 10.4. The van der Waals surface area contributed by atoms with Crippen molar-refractivity contribution in [3.63, 3.8) is 0 Å². The largest absolute Gasteiger partial charge is 0.342 e. The van der Waals surface area contributed by atoms with Crippen LogP contribution in [0.4, 0.5) is 5.95 Å². The van der Waals surface area contributed by atoms with Crippen molar-refractivity contribution in [2.24, 2.45) is 17.8 Å². The normalized spacial score (nSPS) is 16.8. The molecule has 3 N–H and O–H groups in total. The second-order valence-corrected chi connectivity index (χ2v) is 16.8. The monoisotopic (exact) mass is 937 g/mol. The van der Waals surface area contributed by atoms with Gasteiger partial charge in [0.25, 0.3) is 0 Å². The average molecular weight is 938 g/mol. The summed E-state index contributed by atoms with van der Waals surface area (Å²) in [6, 6.07) is 24.1. The van der Waals surface area contributed by atoms with Crippen LogP contribution >= 0.6 is 54.0 Å². The molecule has 0 aliphatic carbocycles. The quantitative estimate of drug-likeness (QED) is 0.109. The third-order valence-corrected chi connectivity index (χ3v) is 12.2. The van der Waals surface area contributed by atoms with Gasteiger partial charge in [0.2, 0.25) is 17.8 Å². The minimum Gasteiger partial charge on any atom is -0.342 e. The molecule has 17 heteroatoms. The fourth-order valence-electron chi connectivity index (χ4n) is 8.88. The van der Waals surface area contributed by atoms with E-state index < -0.39 is 6.04 Å². The van der Waals surface area contributed by atoms with Crippen molar-refractivity contribution in [1.82, 2.24) is 49.7 Å². The van der Waals surface area contributed by atoms with E-state index >= 15 is 0 Å². The highest BCUT2D eigenvalue weighted by Crippen LogP contribution is 2.37. The number of imidazole rings is 2. The summed E-state index contributed by atoms with van der Waals surface area (Å²) < 4.78 is 0. The molecule has 2 amide bonds. The maximum absolute atomic E-state index is 14.0. The lowest BCUT2D eigenvalue weighted by Crippen LogP contribution is -2.45. The van der Waals surface area contributed by atoms with E-state index in [1.54, 1.807) is 36.9 Å². The fourth-order valence-corrected chi connectivity index (χ4v) is 8.88. The number of aromatic nitrogens is 8. The number of rotatable bonds is 12. The molecule has 0 saturated carbocycles. The van der Waals surface area contributed by atoms with Crippen molar-refractivity contribution < 1.29 is 9.59 Å². The summed E-state index contributed by atoms with van der Waals surface area (Å²) in [5.74, 6) is 2.97. The predicted octanol–water partition coefficient (Wildman–Crippen LogP) is 8.78. The number of likely N-dealkylation sites (tertiary alicyclic amines) is 2. The molecule has 7 aromatic rings. The van der Waals surface area contributed by atoms with Crippen molar-refractivity contribution in [1.29, 1.82) is 0 Å². The highest BCUT2D eigenvalue weighted by Gasteiger charge is 2.38. The zero-order chi connectivity index (χ0) is 41.3. The number of carbonyl (C=O) groups excluding carboxylic acids is 2. The SMILES string of the molecule is CC(C)[C@H](Cc1ncccn1)C(=O)N1CCC[C@H]1c1nc2ccc(-c3ccc(-c4ccc5nc([C@@H]6CCCN6C(=O)[C@@H](Nc6ncccn6)C(C)C)[nH]c5c4)cc3)cc2[nH]1.S.S.S.S. The van der Waals surface area contributed by atoms with E-state index in [1.807, 2.05) is 29.7 Å². The first kappa shape index (κ1) is 49.9. The van der Waals surface area contributed by atoms with Crippen LogP contribution in [0.15, 0.2) is 97.6 Å². The number of H-pyrrole nitrogens is 2. The van der Waals surface area contributed by atoms with Gasteiger partial charge < -0.3 is 25.1 Å². The van der Waals surface area contributed by atoms with Crippen LogP contribution in [0.3, 0.4) is 0 Å². The van der Waals surface area contributed by atoms with Crippen LogP contribution in [-0.2, 0) is 16.0 Å². The number of hydrogen-bond acceptors (Lipinski definition) is 9. The molecule has 9 rings (SSSR count). The maximum Gasteiger partial charge on any atom is 0.246 e. The van der Waals surface area contributed by atoms with Crippen LogP contribution in [0.5, 0.6) is 0 Å². The minimum absolute atomic E-state index is 0. The topological polar surface area (TPSA) is 162 Å². The van der Waals surface area contributed by atoms with Gasteiger partial charge in [-0.2, -0.15) is 54.0 Å². The van der Waals surface area contributed by atoms with Crippen LogP contribution in [0.1, 0.15) is 82.9 Å². The second kappa shape index (κ2) is 21.7. The zero-order valence-corrected chi connectivity index (χ0v) is 40.5. The molecular weight excluding hydrogens is 879 g/mol. The first-order valence-electron chi connectivity index (χ1n) is 21.2. The Labute approximate surface area is 402 Å². The molecule has 4 aromatic heterocycles. The van der Waals surface area contributed by atoms with Crippen molar-refractivity contribution >= 4 is 93.8 Å². The van der Waals surface area contributed by atoms with E-state index in [1.165, 1.54) is 0 Å². The molecule has 2 saturated heterocycles. The summed E-state index contributed by atoms with van der Waals surface area (Å²) >= 11 is 0. The van der Waals surface area contributed by atoms with Gasteiger partial charge in [-0.05, 0) is 96.2 Å². The Balaban J connectivity index is 0.00000193. The van der Waals surface area contributed by atoms with Crippen LogP contribution in [0.25, 0.3) is 44.3 Å². The maximum atomic E-state index is 14.0. The smallest absolute Gasteiger partial charge is 0.246 e. The average Bonchev–Trinajstić information content (AvgIpc) is 4.10. The van der Waals surface area contributed by atoms with Crippen molar-refractivity contribution in [2.45, 2.75) is 77.9 Å². The molecule has 3 aromatic carbocycles. The Morgan fingerprint density at radius 1 is 0.625 bits per heavy atom.